The fourth-order valence-electron chi connectivity index (χ4n) is 2.37. The Balaban J connectivity index is 0.00000208. The summed E-state index contributed by atoms with van der Waals surface area (Å²) < 4.78 is 5.18. The first-order valence-electron chi connectivity index (χ1n) is 7.94. The van der Waals surface area contributed by atoms with Crippen LogP contribution in [-0.4, -0.2) is 26.1 Å². The molecule has 0 atom stereocenters. The van der Waals surface area contributed by atoms with Gasteiger partial charge < -0.3 is 15.4 Å². The molecule has 2 N–H and O–H groups in total. The predicted octanol–water partition coefficient (Wildman–Crippen LogP) is 3.46. The van der Waals surface area contributed by atoms with E-state index >= 15 is 0 Å². The summed E-state index contributed by atoms with van der Waals surface area (Å²) in [4.78, 5) is 12.9. The fourth-order valence-corrected chi connectivity index (χ4v) is 3.20. The molecule has 4 nitrogen and oxygen atoms in total. The summed E-state index contributed by atoms with van der Waals surface area (Å²) in [6, 6.07) is 10.1. The third kappa shape index (κ3) is 5.51. The van der Waals surface area contributed by atoms with E-state index in [0.717, 1.165) is 28.7 Å². The van der Waals surface area contributed by atoms with Gasteiger partial charge in [0.2, 0.25) is 5.91 Å². The van der Waals surface area contributed by atoms with Crippen LogP contribution in [0, 0.1) is 5.92 Å². The van der Waals surface area contributed by atoms with E-state index in [-0.39, 0.29) is 18.3 Å². The summed E-state index contributed by atoms with van der Waals surface area (Å²) >= 11 is 1.67. The second kappa shape index (κ2) is 9.06. The highest BCUT2D eigenvalue weighted by molar-refractivity contribution is 7.10. The van der Waals surface area contributed by atoms with Crippen LogP contribution in [-0.2, 0) is 11.3 Å². The topological polar surface area (TPSA) is 50.4 Å². The van der Waals surface area contributed by atoms with E-state index in [9.17, 15) is 4.79 Å². The first-order chi connectivity index (χ1) is 11.2. The van der Waals surface area contributed by atoms with Crippen molar-refractivity contribution in [3.05, 3.63) is 40.6 Å². The van der Waals surface area contributed by atoms with Gasteiger partial charge in [-0.25, -0.2) is 0 Å². The number of thiophene rings is 1. The molecule has 0 aliphatic heterocycles. The van der Waals surface area contributed by atoms with E-state index in [1.807, 2.05) is 24.3 Å². The molecule has 0 bridgehead atoms. The molecule has 1 heterocycles. The highest BCUT2D eigenvalue weighted by Gasteiger charge is 2.20. The van der Waals surface area contributed by atoms with Crippen LogP contribution in [0.2, 0.25) is 0 Å². The molecule has 1 aromatic carbocycles. The molecule has 1 aliphatic carbocycles. The summed E-state index contributed by atoms with van der Waals surface area (Å²) in [5.41, 5.74) is 2.33. The van der Waals surface area contributed by atoms with Crippen LogP contribution in [0.5, 0.6) is 5.75 Å². The van der Waals surface area contributed by atoms with Gasteiger partial charge in [0.25, 0.3) is 0 Å². The first-order valence-corrected chi connectivity index (χ1v) is 8.82. The molecule has 0 saturated heterocycles. The Bertz CT molecular complexity index is 653. The molecule has 2 aromatic rings. The van der Waals surface area contributed by atoms with Crippen LogP contribution in [0.1, 0.15) is 17.7 Å². The molecule has 1 amide bonds. The molecule has 1 aromatic heterocycles. The molecule has 0 spiro atoms. The number of carbonyl (C=O) groups is 1. The SMILES string of the molecule is COc1ccc(-c2csc(CNC(=O)CNCC3CC3)c2)cc1.Cl. The maximum absolute atomic E-state index is 11.8. The van der Waals surface area contributed by atoms with E-state index in [1.165, 1.54) is 18.4 Å². The largest absolute Gasteiger partial charge is 0.497 e. The third-order valence-electron chi connectivity index (χ3n) is 3.95. The van der Waals surface area contributed by atoms with E-state index in [1.54, 1.807) is 18.4 Å². The molecule has 1 aliphatic rings. The van der Waals surface area contributed by atoms with Crippen molar-refractivity contribution >= 4 is 29.7 Å². The molecule has 130 valence electrons. The number of carbonyl (C=O) groups excluding carboxylic acids is 1. The zero-order chi connectivity index (χ0) is 16.1. The Kier molecular flexibility index (Phi) is 7.09. The quantitative estimate of drug-likeness (QED) is 0.752. The van der Waals surface area contributed by atoms with Crippen LogP contribution >= 0.6 is 23.7 Å². The van der Waals surface area contributed by atoms with Crippen molar-refractivity contribution in [3.8, 4) is 16.9 Å². The molecule has 3 rings (SSSR count). The number of methoxy groups -OCH3 is 1. The Morgan fingerprint density at radius 2 is 2.00 bits per heavy atom. The van der Waals surface area contributed by atoms with Gasteiger partial charge in [0.15, 0.2) is 0 Å². The lowest BCUT2D eigenvalue weighted by molar-refractivity contribution is -0.120. The Morgan fingerprint density at radius 3 is 2.67 bits per heavy atom. The predicted molar refractivity (Wildman–Crippen MR) is 101 cm³/mol. The number of rotatable bonds is 8. The van der Waals surface area contributed by atoms with Crippen molar-refractivity contribution in [1.82, 2.24) is 10.6 Å². The highest BCUT2D eigenvalue weighted by Crippen LogP contribution is 2.28. The number of hydrogen-bond acceptors (Lipinski definition) is 4. The van der Waals surface area contributed by atoms with Crippen LogP contribution in [0.4, 0.5) is 0 Å². The maximum Gasteiger partial charge on any atom is 0.234 e. The average molecular weight is 367 g/mol. The normalized spacial score (nSPS) is 13.2. The van der Waals surface area contributed by atoms with Gasteiger partial charge in [-0.15, -0.1) is 23.7 Å². The van der Waals surface area contributed by atoms with Gasteiger partial charge in [0.1, 0.15) is 5.75 Å². The van der Waals surface area contributed by atoms with E-state index in [0.29, 0.717) is 13.1 Å². The number of ether oxygens (including phenoxy) is 1. The standard InChI is InChI=1S/C18H22N2O2S.ClH/c1-22-16-6-4-14(5-7-16)15-8-17(23-12-15)10-20-18(21)11-19-9-13-2-3-13;/h4-8,12-13,19H,2-3,9-11H2,1H3,(H,20,21);1H. The van der Waals surface area contributed by atoms with Crippen molar-refractivity contribution in [2.24, 2.45) is 5.92 Å². The van der Waals surface area contributed by atoms with Gasteiger partial charge in [-0.05, 0) is 60.0 Å². The first kappa shape index (κ1) is 18.8. The number of nitrogens with one attached hydrogen (secondary N) is 2. The zero-order valence-corrected chi connectivity index (χ0v) is 15.3. The zero-order valence-electron chi connectivity index (χ0n) is 13.7. The van der Waals surface area contributed by atoms with Crippen LogP contribution < -0.4 is 15.4 Å². The Morgan fingerprint density at radius 1 is 1.25 bits per heavy atom. The number of hydrogen-bond donors (Lipinski definition) is 2. The lowest BCUT2D eigenvalue weighted by Crippen LogP contribution is -2.34. The van der Waals surface area contributed by atoms with E-state index in [2.05, 4.69) is 22.1 Å². The molecule has 6 heteroatoms. The van der Waals surface area contributed by atoms with Crippen molar-refractivity contribution in [2.75, 3.05) is 20.2 Å². The lowest BCUT2D eigenvalue weighted by Gasteiger charge is -2.05. The van der Waals surface area contributed by atoms with Crippen molar-refractivity contribution < 1.29 is 9.53 Å². The molecule has 1 fully saturated rings. The minimum absolute atomic E-state index is 0. The van der Waals surface area contributed by atoms with Gasteiger partial charge in [-0.1, -0.05) is 12.1 Å². The fraction of sp³-hybridized carbons (Fsp3) is 0.389. The summed E-state index contributed by atoms with van der Waals surface area (Å²) in [7, 11) is 1.67. The number of halogens is 1. The average Bonchev–Trinajstić information content (AvgIpc) is 3.28. The maximum atomic E-state index is 11.8. The van der Waals surface area contributed by atoms with Gasteiger partial charge in [-0.3, -0.25) is 4.79 Å². The summed E-state index contributed by atoms with van der Waals surface area (Å²) in [6.45, 7) is 1.96. The van der Waals surface area contributed by atoms with Gasteiger partial charge in [0.05, 0.1) is 20.2 Å². The van der Waals surface area contributed by atoms with Crippen molar-refractivity contribution in [1.29, 1.82) is 0 Å². The second-order valence-electron chi connectivity index (χ2n) is 5.88. The molecule has 0 unspecified atom stereocenters. The van der Waals surface area contributed by atoms with Crippen LogP contribution in [0.3, 0.4) is 0 Å². The van der Waals surface area contributed by atoms with Crippen LogP contribution in [0.15, 0.2) is 35.7 Å². The summed E-state index contributed by atoms with van der Waals surface area (Å²) in [5, 5.41) is 8.29. The monoisotopic (exact) mass is 366 g/mol. The molecule has 24 heavy (non-hydrogen) atoms. The van der Waals surface area contributed by atoms with Crippen molar-refractivity contribution in [3.63, 3.8) is 0 Å². The number of benzene rings is 1. The Labute approximate surface area is 153 Å². The minimum atomic E-state index is 0. The third-order valence-corrected chi connectivity index (χ3v) is 4.89. The van der Waals surface area contributed by atoms with Crippen molar-refractivity contribution in [2.45, 2.75) is 19.4 Å². The van der Waals surface area contributed by atoms with Crippen LogP contribution in [0.25, 0.3) is 11.1 Å². The highest BCUT2D eigenvalue weighted by atomic mass is 35.5. The molecule has 1 saturated carbocycles. The molecule has 0 radical (unpaired) electrons. The molecular weight excluding hydrogens is 344 g/mol. The second-order valence-corrected chi connectivity index (χ2v) is 6.88. The van der Waals surface area contributed by atoms with Gasteiger partial charge in [-0.2, -0.15) is 0 Å². The minimum Gasteiger partial charge on any atom is -0.497 e. The Hall–Kier alpha value is -1.56. The van der Waals surface area contributed by atoms with Gasteiger partial charge in [0, 0.05) is 4.88 Å². The van der Waals surface area contributed by atoms with E-state index < -0.39 is 0 Å². The molecular formula is C18H23ClN2O2S. The van der Waals surface area contributed by atoms with Gasteiger partial charge >= 0.3 is 0 Å². The summed E-state index contributed by atoms with van der Waals surface area (Å²) in [5.74, 6) is 1.72. The number of amides is 1. The smallest absolute Gasteiger partial charge is 0.234 e. The summed E-state index contributed by atoms with van der Waals surface area (Å²) in [6.07, 6.45) is 2.61. The van der Waals surface area contributed by atoms with E-state index in [4.69, 9.17) is 4.74 Å². The lowest BCUT2D eigenvalue weighted by atomic mass is 10.1.